The van der Waals surface area contributed by atoms with E-state index in [1.807, 2.05) is 31.2 Å². The Morgan fingerprint density at radius 3 is 2.70 bits per heavy atom. The van der Waals surface area contributed by atoms with Crippen LogP contribution in [0.15, 0.2) is 64.0 Å². The highest BCUT2D eigenvalue weighted by Gasteiger charge is 2.07. The van der Waals surface area contributed by atoms with Crippen molar-refractivity contribution < 1.29 is 13.9 Å². The first kappa shape index (κ1) is 18.4. The lowest BCUT2D eigenvalue weighted by molar-refractivity contribution is -0.121. The molecule has 0 aliphatic heterocycles. The number of nitrogens with one attached hydrogen (secondary N) is 1. The average molecular weight is 367 g/mol. The number of nitrogens with zero attached hydrogens (tertiary/aromatic N) is 2. The first-order valence-electron chi connectivity index (χ1n) is 8.76. The van der Waals surface area contributed by atoms with E-state index in [9.17, 15) is 9.59 Å². The number of amides is 1. The van der Waals surface area contributed by atoms with Gasteiger partial charge in [-0.1, -0.05) is 0 Å². The van der Waals surface area contributed by atoms with Gasteiger partial charge < -0.3 is 14.5 Å². The molecule has 3 rings (SSSR count). The first-order valence-corrected chi connectivity index (χ1v) is 8.76. The summed E-state index contributed by atoms with van der Waals surface area (Å²) in [6, 6.07) is 14.2. The third kappa shape index (κ3) is 5.07. The van der Waals surface area contributed by atoms with Gasteiger partial charge in [-0.2, -0.15) is 5.10 Å². The molecule has 7 heteroatoms. The number of benzene rings is 1. The summed E-state index contributed by atoms with van der Waals surface area (Å²) in [7, 11) is 0. The number of furan rings is 1. The van der Waals surface area contributed by atoms with Crippen molar-refractivity contribution in [2.24, 2.45) is 0 Å². The van der Waals surface area contributed by atoms with Gasteiger partial charge in [-0.15, -0.1) is 0 Å². The summed E-state index contributed by atoms with van der Waals surface area (Å²) >= 11 is 0. The topological polar surface area (TPSA) is 86.4 Å². The molecule has 0 atom stereocenters. The second kappa shape index (κ2) is 8.84. The van der Waals surface area contributed by atoms with Gasteiger partial charge in [0.05, 0.1) is 31.7 Å². The Morgan fingerprint density at radius 2 is 2.00 bits per heavy atom. The van der Waals surface area contributed by atoms with Crippen molar-refractivity contribution in [3.8, 4) is 17.0 Å². The molecule has 0 aliphatic rings. The molecule has 1 aromatic carbocycles. The third-order valence-electron chi connectivity index (χ3n) is 3.92. The largest absolute Gasteiger partial charge is 0.494 e. The molecule has 0 fully saturated rings. The van der Waals surface area contributed by atoms with Crippen molar-refractivity contribution in [2.75, 3.05) is 6.61 Å². The minimum absolute atomic E-state index is 0.153. The van der Waals surface area contributed by atoms with Gasteiger partial charge in [0.2, 0.25) is 5.91 Å². The van der Waals surface area contributed by atoms with E-state index in [1.165, 1.54) is 10.7 Å². The molecule has 0 unspecified atom stereocenters. The van der Waals surface area contributed by atoms with Crippen LogP contribution < -0.4 is 15.6 Å². The second-order valence-electron chi connectivity index (χ2n) is 5.84. The Hall–Kier alpha value is -3.35. The van der Waals surface area contributed by atoms with Crippen LogP contribution in [0.25, 0.3) is 11.3 Å². The molecule has 0 aliphatic carbocycles. The maximum atomic E-state index is 12.0. The van der Waals surface area contributed by atoms with Crippen molar-refractivity contribution in [3.05, 3.63) is 70.9 Å². The van der Waals surface area contributed by atoms with Gasteiger partial charge in [0.15, 0.2) is 0 Å². The van der Waals surface area contributed by atoms with Crippen LogP contribution >= 0.6 is 0 Å². The summed E-state index contributed by atoms with van der Waals surface area (Å²) in [4.78, 5) is 24.0. The van der Waals surface area contributed by atoms with E-state index >= 15 is 0 Å². The smallest absolute Gasteiger partial charge is 0.266 e. The fourth-order valence-corrected chi connectivity index (χ4v) is 2.55. The monoisotopic (exact) mass is 367 g/mol. The standard InChI is InChI=1S/C20H21N3O4/c1-2-26-16-7-5-15(6-8-16)18-9-10-20(25)23(22-18)12-11-19(24)21-14-17-4-3-13-27-17/h3-10,13H,2,11-12,14H2,1H3,(H,21,24). The Labute approximate surface area is 156 Å². The zero-order chi connectivity index (χ0) is 19.1. The average Bonchev–Trinajstić information content (AvgIpc) is 3.20. The fourth-order valence-electron chi connectivity index (χ4n) is 2.55. The molecule has 2 heterocycles. The summed E-state index contributed by atoms with van der Waals surface area (Å²) in [6.07, 6.45) is 1.71. The van der Waals surface area contributed by atoms with E-state index in [4.69, 9.17) is 9.15 Å². The lowest BCUT2D eigenvalue weighted by Crippen LogP contribution is -2.28. The number of carbonyl (C=O) groups excluding carboxylic acids is 1. The zero-order valence-electron chi connectivity index (χ0n) is 15.1. The lowest BCUT2D eigenvalue weighted by Gasteiger charge is -2.08. The van der Waals surface area contributed by atoms with Gasteiger partial charge in [0, 0.05) is 18.1 Å². The molecule has 0 saturated heterocycles. The maximum Gasteiger partial charge on any atom is 0.266 e. The number of ether oxygens (including phenoxy) is 1. The second-order valence-corrected chi connectivity index (χ2v) is 5.84. The summed E-state index contributed by atoms with van der Waals surface area (Å²) in [5.41, 5.74) is 1.28. The first-order chi connectivity index (χ1) is 13.2. The lowest BCUT2D eigenvalue weighted by atomic mass is 10.1. The van der Waals surface area contributed by atoms with Crippen molar-refractivity contribution in [3.63, 3.8) is 0 Å². The number of hydrogen-bond acceptors (Lipinski definition) is 5. The summed E-state index contributed by atoms with van der Waals surface area (Å²) in [5, 5.41) is 7.11. The maximum absolute atomic E-state index is 12.0. The molecule has 1 amide bonds. The quantitative estimate of drug-likeness (QED) is 0.661. The van der Waals surface area contributed by atoms with Crippen LogP contribution in [0.2, 0.25) is 0 Å². The molecule has 140 valence electrons. The molecule has 7 nitrogen and oxygen atoms in total. The molecule has 0 radical (unpaired) electrons. The van der Waals surface area contributed by atoms with Crippen LogP contribution in [0.1, 0.15) is 19.1 Å². The van der Waals surface area contributed by atoms with E-state index in [-0.39, 0.29) is 24.4 Å². The third-order valence-corrected chi connectivity index (χ3v) is 3.92. The Kier molecular flexibility index (Phi) is 6.04. The molecular formula is C20H21N3O4. The van der Waals surface area contributed by atoms with Crippen LogP contribution in [-0.2, 0) is 17.9 Å². The molecule has 3 aromatic rings. The molecule has 0 bridgehead atoms. The number of carbonyl (C=O) groups is 1. The van der Waals surface area contributed by atoms with E-state index < -0.39 is 0 Å². The molecule has 1 N–H and O–H groups in total. The van der Waals surface area contributed by atoms with Gasteiger partial charge in [0.25, 0.3) is 5.56 Å². The molecule has 27 heavy (non-hydrogen) atoms. The Balaban J connectivity index is 1.62. The van der Waals surface area contributed by atoms with Crippen molar-refractivity contribution in [2.45, 2.75) is 26.4 Å². The van der Waals surface area contributed by atoms with Crippen molar-refractivity contribution >= 4 is 5.91 Å². The summed E-state index contributed by atoms with van der Waals surface area (Å²) in [5.74, 6) is 1.28. The number of rotatable bonds is 8. The van der Waals surface area contributed by atoms with E-state index in [1.54, 1.807) is 24.5 Å². The highest BCUT2D eigenvalue weighted by atomic mass is 16.5. The van der Waals surface area contributed by atoms with Crippen LogP contribution in [0.4, 0.5) is 0 Å². The van der Waals surface area contributed by atoms with Crippen LogP contribution in [0.5, 0.6) is 5.75 Å². The predicted octanol–water partition coefficient (Wildman–Crippen LogP) is 2.61. The summed E-state index contributed by atoms with van der Waals surface area (Å²) < 4.78 is 11.9. The molecule has 2 aromatic heterocycles. The van der Waals surface area contributed by atoms with Crippen LogP contribution in [-0.4, -0.2) is 22.3 Å². The summed E-state index contributed by atoms with van der Waals surface area (Å²) in [6.45, 7) is 3.05. The highest BCUT2D eigenvalue weighted by molar-refractivity contribution is 5.75. The fraction of sp³-hybridized carbons (Fsp3) is 0.250. The Morgan fingerprint density at radius 1 is 1.19 bits per heavy atom. The molecule has 0 spiro atoms. The number of hydrogen-bond donors (Lipinski definition) is 1. The minimum Gasteiger partial charge on any atom is -0.494 e. The Bertz CT molecular complexity index is 931. The normalized spacial score (nSPS) is 10.6. The zero-order valence-corrected chi connectivity index (χ0v) is 15.1. The van der Waals surface area contributed by atoms with E-state index in [0.717, 1.165) is 11.3 Å². The van der Waals surface area contributed by atoms with Gasteiger partial charge in [0.1, 0.15) is 11.5 Å². The van der Waals surface area contributed by atoms with Gasteiger partial charge in [-0.3, -0.25) is 9.59 Å². The van der Waals surface area contributed by atoms with Gasteiger partial charge >= 0.3 is 0 Å². The SMILES string of the molecule is CCOc1ccc(-c2ccc(=O)n(CCC(=O)NCc3ccco3)n2)cc1. The number of aromatic nitrogens is 2. The van der Waals surface area contributed by atoms with Crippen molar-refractivity contribution in [1.29, 1.82) is 0 Å². The van der Waals surface area contributed by atoms with Gasteiger partial charge in [-0.25, -0.2) is 4.68 Å². The number of aryl methyl sites for hydroxylation is 1. The van der Waals surface area contributed by atoms with Gasteiger partial charge in [-0.05, 0) is 49.4 Å². The van der Waals surface area contributed by atoms with Crippen molar-refractivity contribution in [1.82, 2.24) is 15.1 Å². The van der Waals surface area contributed by atoms with Crippen LogP contribution in [0, 0.1) is 0 Å². The highest BCUT2D eigenvalue weighted by Crippen LogP contribution is 2.19. The van der Waals surface area contributed by atoms with Crippen LogP contribution in [0.3, 0.4) is 0 Å². The molecule has 0 saturated carbocycles. The minimum atomic E-state index is -0.247. The van der Waals surface area contributed by atoms with E-state index in [2.05, 4.69) is 10.4 Å². The van der Waals surface area contributed by atoms with E-state index in [0.29, 0.717) is 24.6 Å². The predicted molar refractivity (Wildman–Crippen MR) is 100 cm³/mol. The molecular weight excluding hydrogens is 346 g/mol.